The van der Waals surface area contributed by atoms with Gasteiger partial charge in [-0.25, -0.2) is 4.79 Å². The summed E-state index contributed by atoms with van der Waals surface area (Å²) in [6, 6.07) is 0. The Morgan fingerprint density at radius 2 is 1.59 bits per heavy atom. The Bertz CT molecular complexity index is 408. The van der Waals surface area contributed by atoms with Gasteiger partial charge in [0.2, 0.25) is 0 Å². The lowest BCUT2D eigenvalue weighted by Gasteiger charge is -2.18. The molecule has 0 rings (SSSR count). The van der Waals surface area contributed by atoms with Gasteiger partial charge in [-0.1, -0.05) is 5.43 Å². The van der Waals surface area contributed by atoms with Crippen LogP contribution in [0.15, 0.2) is 5.11 Å². The molecule has 0 aromatic carbocycles. The molecule has 0 aliphatic carbocycles. The first-order valence-electron chi connectivity index (χ1n) is 7.35. The van der Waals surface area contributed by atoms with Crippen molar-refractivity contribution >= 4 is 12.2 Å². The topological polar surface area (TPSA) is 106 Å². The number of azo groups is 1. The van der Waals surface area contributed by atoms with Crippen molar-refractivity contribution in [3.8, 4) is 0 Å². The second kappa shape index (κ2) is 8.67. The molecule has 2 amide bonds. The molecule has 8 nitrogen and oxygen atoms in total. The summed E-state index contributed by atoms with van der Waals surface area (Å²) >= 11 is 0. The van der Waals surface area contributed by atoms with Crippen LogP contribution in [0.4, 0.5) is 9.59 Å². The minimum absolute atomic E-state index is 0.340. The highest BCUT2D eigenvalue weighted by atomic mass is 16.6. The van der Waals surface area contributed by atoms with E-state index in [2.05, 4.69) is 10.5 Å². The van der Waals surface area contributed by atoms with Gasteiger partial charge in [0.15, 0.2) is 0 Å². The Balaban J connectivity index is 4.86. The third-order valence-electron chi connectivity index (χ3n) is 2.02. The number of hydrogen-bond donors (Lipinski definition) is 2. The summed E-state index contributed by atoms with van der Waals surface area (Å²) in [7, 11) is 0. The number of hydrogen-bond acceptors (Lipinski definition) is 6. The first kappa shape index (κ1) is 20.3. The fourth-order valence-corrected chi connectivity index (χ4v) is 1.26. The van der Waals surface area contributed by atoms with Crippen molar-refractivity contribution in [2.75, 3.05) is 13.1 Å². The van der Waals surface area contributed by atoms with Gasteiger partial charge in [-0.15, -0.1) is 0 Å². The third kappa shape index (κ3) is 11.0. The van der Waals surface area contributed by atoms with Gasteiger partial charge in [-0.2, -0.15) is 4.79 Å². The van der Waals surface area contributed by atoms with E-state index in [9.17, 15) is 9.59 Å². The molecule has 0 aliphatic heterocycles. The van der Waals surface area contributed by atoms with Gasteiger partial charge in [0.05, 0.1) is 0 Å². The fraction of sp³-hybridized carbons (Fsp3) is 0.857. The molecule has 0 saturated heterocycles. The minimum Gasteiger partial charge on any atom is -0.440 e. The molecule has 3 N–H and O–H groups in total. The summed E-state index contributed by atoms with van der Waals surface area (Å²) in [4.78, 5) is 24.6. The van der Waals surface area contributed by atoms with Gasteiger partial charge in [0.25, 0.3) is 0 Å². The van der Waals surface area contributed by atoms with Crippen LogP contribution in [-0.2, 0) is 9.47 Å². The van der Waals surface area contributed by atoms with Crippen LogP contribution in [-0.4, -0.2) is 41.3 Å². The summed E-state index contributed by atoms with van der Waals surface area (Å²) in [5, 5.41) is 4.01. The molecule has 0 aromatic rings. The van der Waals surface area contributed by atoms with E-state index in [-0.39, 0.29) is 0 Å². The standard InChI is InChI=1S/C14H28N4O4/c1-13(2,3)21-11(19)17-18(16-10-8-7-9-15)12(20)22-14(4,5)6/h7-10,15H2,1-6H3/p+1. The van der Waals surface area contributed by atoms with Crippen molar-refractivity contribution in [2.45, 2.75) is 65.6 Å². The van der Waals surface area contributed by atoms with Gasteiger partial charge >= 0.3 is 12.2 Å². The number of ether oxygens (including phenoxy) is 2. The summed E-state index contributed by atoms with van der Waals surface area (Å²) in [6.07, 6.45) is -0.0730. The number of amides is 2. The fourth-order valence-electron chi connectivity index (χ4n) is 1.26. The zero-order valence-electron chi connectivity index (χ0n) is 14.4. The van der Waals surface area contributed by atoms with E-state index in [0.29, 0.717) is 19.5 Å². The zero-order chi connectivity index (χ0) is 17.4. The summed E-state index contributed by atoms with van der Waals surface area (Å²) in [5.41, 5.74) is 6.30. The minimum atomic E-state index is -0.777. The molecule has 0 unspecified atom stereocenters. The van der Waals surface area contributed by atoms with Crippen molar-refractivity contribution in [1.29, 1.82) is 0 Å². The van der Waals surface area contributed by atoms with E-state index in [4.69, 9.17) is 15.2 Å². The molecular weight excluding hydrogens is 288 g/mol. The van der Waals surface area contributed by atoms with E-state index in [1.54, 1.807) is 41.5 Å². The molecule has 0 fully saturated rings. The van der Waals surface area contributed by atoms with Crippen molar-refractivity contribution in [1.82, 2.24) is 5.43 Å². The molecule has 0 aliphatic rings. The lowest BCUT2D eigenvalue weighted by atomic mass is 10.2. The SMILES string of the molecule is CC(C)(C)OC(=O)N[N+](=NCCCCN)C(=O)OC(C)(C)C. The van der Waals surface area contributed by atoms with Crippen molar-refractivity contribution in [3.63, 3.8) is 0 Å². The number of nitrogens with zero attached hydrogens (tertiary/aromatic N) is 2. The van der Waals surface area contributed by atoms with Crippen molar-refractivity contribution < 1.29 is 23.9 Å². The third-order valence-corrected chi connectivity index (χ3v) is 2.02. The van der Waals surface area contributed by atoms with Crippen LogP contribution in [0.1, 0.15) is 54.4 Å². The number of nitrogens with two attached hydrogens (primary N) is 1. The number of rotatable bonds is 4. The monoisotopic (exact) mass is 317 g/mol. The maximum absolute atomic E-state index is 12.0. The highest BCUT2D eigenvalue weighted by Gasteiger charge is 2.32. The van der Waals surface area contributed by atoms with Gasteiger partial charge in [-0.05, 0) is 66.0 Å². The van der Waals surface area contributed by atoms with E-state index >= 15 is 0 Å². The number of unbranched alkanes of at least 4 members (excludes halogenated alkanes) is 1. The molecule has 128 valence electrons. The molecule has 0 saturated carbocycles. The molecule has 0 heterocycles. The normalized spacial score (nSPS) is 12.8. The molecule has 0 aromatic heterocycles. The molecule has 0 bridgehead atoms. The maximum Gasteiger partial charge on any atom is 0.653 e. The summed E-state index contributed by atoms with van der Waals surface area (Å²) in [6.45, 7) is 11.2. The number of hydrazine groups is 1. The van der Waals surface area contributed by atoms with E-state index in [1.807, 2.05) is 0 Å². The average molecular weight is 317 g/mol. The predicted molar refractivity (Wildman–Crippen MR) is 81.4 cm³/mol. The number of carbonyl (C=O) groups is 2. The van der Waals surface area contributed by atoms with E-state index in [0.717, 1.165) is 11.2 Å². The molecule has 8 heteroatoms. The van der Waals surface area contributed by atoms with Crippen LogP contribution in [0, 0.1) is 0 Å². The lowest BCUT2D eigenvalue weighted by molar-refractivity contribution is -0.564. The Kier molecular flexibility index (Phi) is 8.00. The lowest BCUT2D eigenvalue weighted by Crippen LogP contribution is -2.43. The highest BCUT2D eigenvalue weighted by Crippen LogP contribution is 2.09. The van der Waals surface area contributed by atoms with Gasteiger partial charge < -0.3 is 15.2 Å². The largest absolute Gasteiger partial charge is 0.653 e. The van der Waals surface area contributed by atoms with Gasteiger partial charge in [0, 0.05) is 0 Å². The van der Waals surface area contributed by atoms with Crippen LogP contribution >= 0.6 is 0 Å². The Morgan fingerprint density at radius 1 is 1.05 bits per heavy atom. The van der Waals surface area contributed by atoms with Crippen LogP contribution in [0.2, 0.25) is 0 Å². The first-order chi connectivity index (χ1) is 9.94. The van der Waals surface area contributed by atoms with Crippen LogP contribution in [0.3, 0.4) is 0 Å². The number of nitrogens with one attached hydrogen (secondary N) is 1. The van der Waals surface area contributed by atoms with E-state index < -0.39 is 23.4 Å². The number of carbonyl (C=O) groups excluding carboxylic acids is 2. The predicted octanol–water partition coefficient (Wildman–Crippen LogP) is 2.56. The zero-order valence-corrected chi connectivity index (χ0v) is 14.4. The molecular formula is C14H29N4O4+. The maximum atomic E-state index is 12.0. The summed E-state index contributed by atoms with van der Waals surface area (Å²) < 4.78 is 10.3. The van der Waals surface area contributed by atoms with Crippen molar-refractivity contribution in [2.24, 2.45) is 10.8 Å². The van der Waals surface area contributed by atoms with Gasteiger partial charge in [0.1, 0.15) is 22.6 Å². The Morgan fingerprint density at radius 3 is 2.05 bits per heavy atom. The Hall–Kier alpha value is -1.70. The molecule has 0 radical (unpaired) electrons. The first-order valence-corrected chi connectivity index (χ1v) is 7.35. The molecule has 0 atom stereocenters. The highest BCUT2D eigenvalue weighted by molar-refractivity contribution is 5.68. The smallest absolute Gasteiger partial charge is 0.440 e. The van der Waals surface area contributed by atoms with Crippen molar-refractivity contribution in [3.05, 3.63) is 0 Å². The van der Waals surface area contributed by atoms with Gasteiger partial charge in [-0.3, -0.25) is 0 Å². The van der Waals surface area contributed by atoms with Crippen LogP contribution in [0.25, 0.3) is 0 Å². The second-order valence-electron chi connectivity index (χ2n) is 6.77. The average Bonchev–Trinajstić information content (AvgIpc) is 2.28. The quantitative estimate of drug-likeness (QED) is 0.359. The molecule has 0 spiro atoms. The van der Waals surface area contributed by atoms with E-state index in [1.165, 1.54) is 0 Å². The summed E-state index contributed by atoms with van der Waals surface area (Å²) in [5.74, 6) is 0. The second-order valence-corrected chi connectivity index (χ2v) is 6.77. The Labute approximate surface area is 132 Å². The van der Waals surface area contributed by atoms with Crippen LogP contribution in [0.5, 0.6) is 0 Å². The van der Waals surface area contributed by atoms with Crippen LogP contribution < -0.4 is 11.2 Å². The molecule has 22 heavy (non-hydrogen) atoms.